The van der Waals surface area contributed by atoms with Crippen molar-refractivity contribution in [3.05, 3.63) is 24.3 Å². The number of phosphoric ester groups is 1. The highest BCUT2D eigenvalue weighted by Crippen LogP contribution is 2.43. The SMILES string of the molecule is CCCCCC/C=C\CCCCCCCCCC(=O)OCC(COP(=O)(O)OCCN(C)C)OC(=O)CCCCCCC/C=C\CCCCCCCC. The second-order valence-electron chi connectivity index (χ2n) is 14.9. The standard InChI is InChI=1S/C43H82NO8P/c1-5-7-9-11-13-15-17-19-21-23-25-27-29-31-33-35-42(45)49-39-41(40-51-53(47,48)50-38-37-44(3)4)52-43(46)36-34-32-30-28-26-24-22-20-18-16-14-12-10-8-6-2/h15,17,20,22,41H,5-14,16,18-19,21,23-40H2,1-4H3,(H,47,48)/b17-15-,22-20-. The topological polar surface area (TPSA) is 112 Å². The molecule has 0 saturated heterocycles. The number of nitrogens with zero attached hydrogens (tertiary/aromatic N) is 1. The number of rotatable bonds is 40. The van der Waals surface area contributed by atoms with Crippen LogP contribution < -0.4 is 0 Å². The Bertz CT molecular complexity index is 941. The predicted molar refractivity (Wildman–Crippen MR) is 220 cm³/mol. The van der Waals surface area contributed by atoms with E-state index in [2.05, 4.69) is 38.2 Å². The fourth-order valence-electron chi connectivity index (χ4n) is 5.85. The molecule has 0 spiro atoms. The van der Waals surface area contributed by atoms with Gasteiger partial charge in [0.15, 0.2) is 6.10 Å². The molecule has 10 heteroatoms. The van der Waals surface area contributed by atoms with Crippen molar-refractivity contribution in [2.24, 2.45) is 0 Å². The second kappa shape index (κ2) is 38.8. The second-order valence-corrected chi connectivity index (χ2v) is 16.3. The summed E-state index contributed by atoms with van der Waals surface area (Å²) in [5.74, 6) is -0.814. The minimum Gasteiger partial charge on any atom is -0.462 e. The molecular weight excluding hydrogens is 689 g/mol. The van der Waals surface area contributed by atoms with Crippen LogP contribution in [0.15, 0.2) is 24.3 Å². The van der Waals surface area contributed by atoms with E-state index in [1.165, 1.54) is 103 Å². The van der Waals surface area contributed by atoms with E-state index >= 15 is 0 Å². The number of esters is 2. The van der Waals surface area contributed by atoms with Gasteiger partial charge in [0.1, 0.15) is 6.61 Å². The molecule has 2 atom stereocenters. The molecule has 0 aromatic rings. The summed E-state index contributed by atoms with van der Waals surface area (Å²) in [6.45, 7) is 4.30. The number of hydrogen-bond acceptors (Lipinski definition) is 8. The highest BCUT2D eigenvalue weighted by atomic mass is 31.2. The van der Waals surface area contributed by atoms with Gasteiger partial charge >= 0.3 is 19.8 Å². The molecule has 0 aliphatic carbocycles. The Morgan fingerprint density at radius 1 is 0.566 bits per heavy atom. The fourth-order valence-corrected chi connectivity index (χ4v) is 6.59. The minimum absolute atomic E-state index is 0.00625. The van der Waals surface area contributed by atoms with E-state index in [0.29, 0.717) is 13.0 Å². The summed E-state index contributed by atoms with van der Waals surface area (Å²) in [6.07, 6.45) is 39.3. The first-order valence-electron chi connectivity index (χ1n) is 21.6. The molecule has 312 valence electrons. The first-order chi connectivity index (χ1) is 25.7. The van der Waals surface area contributed by atoms with Crippen molar-refractivity contribution < 1.29 is 37.6 Å². The van der Waals surface area contributed by atoms with Crippen LogP contribution in [0, 0.1) is 0 Å². The van der Waals surface area contributed by atoms with E-state index in [1.807, 2.05) is 19.0 Å². The fraction of sp³-hybridized carbons (Fsp3) is 0.860. The highest BCUT2D eigenvalue weighted by molar-refractivity contribution is 7.47. The van der Waals surface area contributed by atoms with Crippen molar-refractivity contribution in [3.63, 3.8) is 0 Å². The molecule has 0 saturated carbocycles. The van der Waals surface area contributed by atoms with Gasteiger partial charge in [-0.1, -0.05) is 141 Å². The normalized spacial score (nSPS) is 13.6. The number of phosphoric acid groups is 1. The van der Waals surface area contributed by atoms with E-state index in [-0.39, 0.29) is 32.0 Å². The average Bonchev–Trinajstić information content (AvgIpc) is 3.12. The maximum atomic E-state index is 12.6. The van der Waals surface area contributed by atoms with Gasteiger partial charge in [-0.05, 0) is 78.3 Å². The minimum atomic E-state index is -4.36. The number of carbonyl (C=O) groups excluding carboxylic acids is 2. The predicted octanol–water partition coefficient (Wildman–Crippen LogP) is 12.2. The lowest BCUT2D eigenvalue weighted by Crippen LogP contribution is -2.29. The number of likely N-dealkylation sites (N-methyl/N-ethyl adjacent to an activating group) is 1. The van der Waals surface area contributed by atoms with Crippen molar-refractivity contribution in [3.8, 4) is 0 Å². The van der Waals surface area contributed by atoms with E-state index < -0.39 is 26.5 Å². The van der Waals surface area contributed by atoms with Gasteiger partial charge in [0.05, 0.1) is 13.2 Å². The maximum absolute atomic E-state index is 12.6. The van der Waals surface area contributed by atoms with E-state index in [9.17, 15) is 19.0 Å². The molecule has 53 heavy (non-hydrogen) atoms. The van der Waals surface area contributed by atoms with Crippen LogP contribution in [-0.4, -0.2) is 68.3 Å². The first-order valence-corrected chi connectivity index (χ1v) is 23.1. The molecule has 0 aromatic carbocycles. The van der Waals surface area contributed by atoms with Crippen molar-refractivity contribution in [2.75, 3.05) is 40.5 Å². The molecule has 2 unspecified atom stereocenters. The van der Waals surface area contributed by atoms with Crippen LogP contribution in [0.1, 0.15) is 194 Å². The lowest BCUT2D eigenvalue weighted by atomic mass is 10.1. The number of hydrogen-bond donors (Lipinski definition) is 1. The molecule has 0 rings (SSSR count). The quantitative estimate of drug-likeness (QED) is 0.0281. The summed E-state index contributed by atoms with van der Waals surface area (Å²) in [6, 6.07) is 0. The molecule has 1 N–H and O–H groups in total. The Morgan fingerprint density at radius 3 is 1.42 bits per heavy atom. The van der Waals surface area contributed by atoms with Gasteiger partial charge in [0.25, 0.3) is 0 Å². The van der Waals surface area contributed by atoms with Crippen LogP contribution in [0.2, 0.25) is 0 Å². The van der Waals surface area contributed by atoms with Gasteiger partial charge in [-0.2, -0.15) is 0 Å². The van der Waals surface area contributed by atoms with Crippen LogP contribution in [0.4, 0.5) is 0 Å². The zero-order valence-corrected chi connectivity index (χ0v) is 35.6. The van der Waals surface area contributed by atoms with Crippen LogP contribution in [0.5, 0.6) is 0 Å². The Balaban J connectivity index is 4.31. The molecule has 0 aliphatic rings. The largest absolute Gasteiger partial charge is 0.472 e. The number of unbranched alkanes of at least 4 members (excludes halogenated alkanes) is 22. The third-order valence-corrected chi connectivity index (χ3v) is 10.2. The van der Waals surface area contributed by atoms with E-state index in [4.69, 9.17) is 18.5 Å². The smallest absolute Gasteiger partial charge is 0.462 e. The Morgan fingerprint density at radius 2 is 0.962 bits per heavy atom. The molecule has 0 fully saturated rings. The van der Waals surface area contributed by atoms with Gasteiger partial charge in [-0.25, -0.2) is 4.57 Å². The Labute approximate surface area is 326 Å². The molecular formula is C43H82NO8P. The number of carbonyl (C=O) groups is 2. The Kier molecular flexibility index (Phi) is 37.6. The molecule has 0 aliphatic heterocycles. The maximum Gasteiger partial charge on any atom is 0.472 e. The lowest BCUT2D eigenvalue weighted by Gasteiger charge is -2.20. The molecule has 0 bridgehead atoms. The number of ether oxygens (including phenoxy) is 2. The third-order valence-electron chi connectivity index (χ3n) is 9.23. The van der Waals surface area contributed by atoms with Gasteiger partial charge in [0, 0.05) is 19.4 Å². The van der Waals surface area contributed by atoms with Crippen LogP contribution in [-0.2, 0) is 32.7 Å². The molecule has 0 heterocycles. The zero-order valence-electron chi connectivity index (χ0n) is 34.7. The molecule has 9 nitrogen and oxygen atoms in total. The van der Waals surface area contributed by atoms with Gasteiger partial charge in [-0.3, -0.25) is 18.6 Å². The summed E-state index contributed by atoms with van der Waals surface area (Å²) < 4.78 is 33.4. The van der Waals surface area contributed by atoms with Gasteiger partial charge in [0.2, 0.25) is 0 Å². The van der Waals surface area contributed by atoms with Crippen molar-refractivity contribution in [2.45, 2.75) is 200 Å². The molecule has 0 amide bonds. The summed E-state index contributed by atoms with van der Waals surface area (Å²) >= 11 is 0. The zero-order chi connectivity index (χ0) is 39.1. The van der Waals surface area contributed by atoms with Gasteiger partial charge in [-0.15, -0.1) is 0 Å². The summed E-state index contributed by atoms with van der Waals surface area (Å²) in [5.41, 5.74) is 0. The highest BCUT2D eigenvalue weighted by Gasteiger charge is 2.26. The first kappa shape index (κ1) is 51.5. The van der Waals surface area contributed by atoms with Crippen molar-refractivity contribution in [1.82, 2.24) is 4.90 Å². The van der Waals surface area contributed by atoms with Gasteiger partial charge < -0.3 is 19.3 Å². The number of allylic oxidation sites excluding steroid dienone is 4. The summed E-state index contributed by atoms with van der Waals surface area (Å²) in [7, 11) is -0.713. The molecule has 0 aromatic heterocycles. The summed E-state index contributed by atoms with van der Waals surface area (Å²) in [4.78, 5) is 37.0. The average molecular weight is 772 g/mol. The third kappa shape index (κ3) is 40.0. The van der Waals surface area contributed by atoms with Crippen molar-refractivity contribution in [1.29, 1.82) is 0 Å². The Hall–Kier alpha value is -1.51. The van der Waals surface area contributed by atoms with Crippen LogP contribution >= 0.6 is 7.82 Å². The summed E-state index contributed by atoms with van der Waals surface area (Å²) in [5, 5.41) is 0. The van der Waals surface area contributed by atoms with E-state index in [1.54, 1.807) is 0 Å². The van der Waals surface area contributed by atoms with E-state index in [0.717, 1.165) is 57.8 Å². The lowest BCUT2D eigenvalue weighted by molar-refractivity contribution is -0.161. The van der Waals surface area contributed by atoms with Crippen molar-refractivity contribution >= 4 is 19.8 Å². The monoisotopic (exact) mass is 772 g/mol. The molecule has 0 radical (unpaired) electrons. The van der Waals surface area contributed by atoms with Crippen LogP contribution in [0.25, 0.3) is 0 Å². The van der Waals surface area contributed by atoms with Crippen LogP contribution in [0.3, 0.4) is 0 Å².